The Kier molecular flexibility index (Phi) is 6.30. The van der Waals surface area contributed by atoms with Crippen LogP contribution in [0.4, 0.5) is 5.69 Å². The molecule has 0 saturated heterocycles. The molecular weight excluding hydrogens is 460 g/mol. The van der Waals surface area contributed by atoms with E-state index < -0.39 is 0 Å². The number of benzene rings is 3. The number of para-hydroxylation sites is 1. The van der Waals surface area contributed by atoms with Crippen molar-refractivity contribution >= 4 is 39.3 Å². The summed E-state index contributed by atoms with van der Waals surface area (Å²) >= 11 is 4.83. The lowest BCUT2D eigenvalue weighted by Crippen LogP contribution is -2.14. The normalized spacial score (nSPS) is 10.7. The smallest absolute Gasteiger partial charge is 0.234 e. The van der Waals surface area contributed by atoms with Crippen molar-refractivity contribution in [1.29, 1.82) is 0 Å². The van der Waals surface area contributed by atoms with Crippen LogP contribution in [-0.2, 0) is 4.79 Å². The van der Waals surface area contributed by atoms with Gasteiger partial charge in [-0.05, 0) is 48.9 Å². The highest BCUT2D eigenvalue weighted by Gasteiger charge is 2.17. The summed E-state index contributed by atoms with van der Waals surface area (Å²) in [6.45, 7) is 2.05. The van der Waals surface area contributed by atoms with Gasteiger partial charge in [0.25, 0.3) is 0 Å². The Balaban J connectivity index is 1.62. The van der Waals surface area contributed by atoms with Crippen LogP contribution >= 0.6 is 27.7 Å². The summed E-state index contributed by atoms with van der Waals surface area (Å²) < 4.78 is 3.00. The fraction of sp³-hybridized carbons (Fsp3) is 0.0870. The molecule has 7 heteroatoms. The molecule has 3 aromatic carbocycles. The van der Waals surface area contributed by atoms with Crippen LogP contribution in [0.5, 0.6) is 0 Å². The van der Waals surface area contributed by atoms with Crippen LogP contribution in [0, 0.1) is 6.92 Å². The molecule has 1 heterocycles. The van der Waals surface area contributed by atoms with Gasteiger partial charge in [-0.2, -0.15) is 0 Å². The van der Waals surface area contributed by atoms with E-state index in [1.54, 1.807) is 0 Å². The van der Waals surface area contributed by atoms with Crippen molar-refractivity contribution in [3.05, 3.63) is 88.9 Å². The second-order valence-corrected chi connectivity index (χ2v) is 8.55. The Morgan fingerprint density at radius 1 is 1.00 bits per heavy atom. The van der Waals surface area contributed by atoms with Gasteiger partial charge in [-0.25, -0.2) is 0 Å². The van der Waals surface area contributed by atoms with Gasteiger partial charge in [0.15, 0.2) is 11.0 Å². The van der Waals surface area contributed by atoms with Crippen molar-refractivity contribution in [2.45, 2.75) is 12.1 Å². The summed E-state index contributed by atoms with van der Waals surface area (Å²) in [5.74, 6) is 0.883. The third-order valence-corrected chi connectivity index (χ3v) is 5.84. The van der Waals surface area contributed by atoms with Gasteiger partial charge in [0, 0.05) is 21.4 Å². The number of halogens is 1. The molecule has 0 aliphatic rings. The number of carbonyl (C=O) groups excluding carboxylic acids is 1. The van der Waals surface area contributed by atoms with E-state index in [1.807, 2.05) is 84.3 Å². The van der Waals surface area contributed by atoms with E-state index in [0.29, 0.717) is 5.16 Å². The number of amides is 1. The zero-order valence-corrected chi connectivity index (χ0v) is 18.7. The van der Waals surface area contributed by atoms with E-state index in [9.17, 15) is 4.79 Å². The predicted octanol–water partition coefficient (Wildman–Crippen LogP) is 5.74. The first kappa shape index (κ1) is 20.4. The molecule has 0 bridgehead atoms. The van der Waals surface area contributed by atoms with E-state index >= 15 is 0 Å². The molecule has 1 N–H and O–H groups in total. The molecule has 150 valence electrons. The number of hydrogen-bond donors (Lipinski definition) is 1. The number of nitrogens with one attached hydrogen (secondary N) is 1. The molecule has 1 aromatic heterocycles. The molecule has 0 saturated carbocycles. The molecular formula is C23H19BrN4OS. The third kappa shape index (κ3) is 4.80. The van der Waals surface area contributed by atoms with E-state index in [2.05, 4.69) is 37.5 Å². The van der Waals surface area contributed by atoms with Crippen molar-refractivity contribution < 1.29 is 4.79 Å². The van der Waals surface area contributed by atoms with E-state index in [-0.39, 0.29) is 11.7 Å². The van der Waals surface area contributed by atoms with Gasteiger partial charge in [0.2, 0.25) is 5.91 Å². The van der Waals surface area contributed by atoms with Crippen LogP contribution in [0.3, 0.4) is 0 Å². The number of aryl methyl sites for hydroxylation is 1. The van der Waals surface area contributed by atoms with Crippen LogP contribution < -0.4 is 5.32 Å². The maximum Gasteiger partial charge on any atom is 0.234 e. The second-order valence-electron chi connectivity index (χ2n) is 6.69. The first-order chi connectivity index (χ1) is 14.6. The Labute approximate surface area is 187 Å². The molecule has 4 rings (SSSR count). The number of carbonyl (C=O) groups is 1. The van der Waals surface area contributed by atoms with Crippen LogP contribution in [0.15, 0.2) is 88.5 Å². The lowest BCUT2D eigenvalue weighted by molar-refractivity contribution is -0.113. The fourth-order valence-electron chi connectivity index (χ4n) is 3.00. The van der Waals surface area contributed by atoms with Gasteiger partial charge in [-0.3, -0.25) is 9.36 Å². The second kappa shape index (κ2) is 9.28. The summed E-state index contributed by atoms with van der Waals surface area (Å²) in [5.41, 5.74) is 3.83. The van der Waals surface area contributed by atoms with Crippen molar-refractivity contribution in [3.63, 3.8) is 0 Å². The number of rotatable bonds is 6. The quantitative estimate of drug-likeness (QED) is 0.359. The monoisotopic (exact) mass is 478 g/mol. The zero-order chi connectivity index (χ0) is 20.9. The Morgan fingerprint density at radius 3 is 2.50 bits per heavy atom. The summed E-state index contributed by atoms with van der Waals surface area (Å²) in [6.07, 6.45) is 0. The fourth-order valence-corrected chi connectivity index (χ4v) is 4.01. The maximum atomic E-state index is 12.4. The molecule has 4 aromatic rings. The highest BCUT2D eigenvalue weighted by Crippen LogP contribution is 2.29. The standard InChI is InChI=1S/C23H19BrN4OS/c1-16-6-5-9-20(14-16)28-22(17-10-12-18(24)13-11-17)26-27-23(28)30-15-21(29)25-19-7-3-2-4-8-19/h2-14H,15H2,1H3,(H,25,29). The first-order valence-electron chi connectivity index (χ1n) is 9.36. The minimum atomic E-state index is -0.0878. The van der Waals surface area contributed by atoms with E-state index in [1.165, 1.54) is 11.8 Å². The Morgan fingerprint density at radius 2 is 1.77 bits per heavy atom. The largest absolute Gasteiger partial charge is 0.325 e. The summed E-state index contributed by atoms with van der Waals surface area (Å²) in [7, 11) is 0. The summed E-state index contributed by atoms with van der Waals surface area (Å²) in [4.78, 5) is 12.4. The number of hydrogen-bond acceptors (Lipinski definition) is 4. The molecule has 0 aliphatic carbocycles. The minimum Gasteiger partial charge on any atom is -0.325 e. The minimum absolute atomic E-state index is 0.0878. The van der Waals surface area contributed by atoms with Crippen molar-refractivity contribution in [3.8, 4) is 17.1 Å². The Hall–Kier alpha value is -2.90. The zero-order valence-electron chi connectivity index (χ0n) is 16.2. The summed E-state index contributed by atoms with van der Waals surface area (Å²) in [6, 6.07) is 25.5. The molecule has 30 heavy (non-hydrogen) atoms. The highest BCUT2D eigenvalue weighted by atomic mass is 79.9. The average Bonchev–Trinajstić information content (AvgIpc) is 3.17. The Bertz CT molecular complexity index is 1160. The average molecular weight is 479 g/mol. The molecule has 0 atom stereocenters. The van der Waals surface area contributed by atoms with Gasteiger partial charge in [-0.15, -0.1) is 10.2 Å². The SMILES string of the molecule is Cc1cccc(-n2c(SCC(=O)Nc3ccccc3)nnc2-c2ccc(Br)cc2)c1. The van der Waals surface area contributed by atoms with Crippen molar-refractivity contribution in [2.75, 3.05) is 11.1 Å². The van der Waals surface area contributed by atoms with Gasteiger partial charge >= 0.3 is 0 Å². The van der Waals surface area contributed by atoms with Crippen LogP contribution in [-0.4, -0.2) is 26.4 Å². The molecule has 0 spiro atoms. The number of aromatic nitrogens is 3. The highest BCUT2D eigenvalue weighted by molar-refractivity contribution is 9.10. The number of anilines is 1. The van der Waals surface area contributed by atoms with Gasteiger partial charge in [0.1, 0.15) is 0 Å². The predicted molar refractivity (Wildman–Crippen MR) is 125 cm³/mol. The number of nitrogens with zero attached hydrogens (tertiary/aromatic N) is 3. The van der Waals surface area contributed by atoms with Crippen molar-refractivity contribution in [1.82, 2.24) is 14.8 Å². The molecule has 0 unspecified atom stereocenters. The van der Waals surface area contributed by atoms with E-state index in [4.69, 9.17) is 0 Å². The lowest BCUT2D eigenvalue weighted by atomic mass is 10.2. The van der Waals surface area contributed by atoms with Crippen LogP contribution in [0.1, 0.15) is 5.56 Å². The van der Waals surface area contributed by atoms with Crippen molar-refractivity contribution in [2.24, 2.45) is 0 Å². The molecule has 0 radical (unpaired) electrons. The van der Waals surface area contributed by atoms with Crippen LogP contribution in [0.2, 0.25) is 0 Å². The molecule has 0 aliphatic heterocycles. The van der Waals surface area contributed by atoms with Crippen LogP contribution in [0.25, 0.3) is 17.1 Å². The number of thioether (sulfide) groups is 1. The maximum absolute atomic E-state index is 12.4. The lowest BCUT2D eigenvalue weighted by Gasteiger charge is -2.11. The molecule has 1 amide bonds. The van der Waals surface area contributed by atoms with Gasteiger partial charge in [-0.1, -0.05) is 70.2 Å². The molecule has 5 nitrogen and oxygen atoms in total. The topological polar surface area (TPSA) is 59.8 Å². The summed E-state index contributed by atoms with van der Waals surface area (Å²) in [5, 5.41) is 12.4. The first-order valence-corrected chi connectivity index (χ1v) is 11.1. The third-order valence-electron chi connectivity index (χ3n) is 4.39. The molecule has 0 fully saturated rings. The van der Waals surface area contributed by atoms with Gasteiger partial charge in [0.05, 0.1) is 5.75 Å². The van der Waals surface area contributed by atoms with E-state index in [0.717, 1.165) is 32.8 Å². The van der Waals surface area contributed by atoms with Gasteiger partial charge < -0.3 is 5.32 Å².